The van der Waals surface area contributed by atoms with Crippen LogP contribution >= 0.6 is 0 Å². The third-order valence-electron chi connectivity index (χ3n) is 4.11. The molecule has 0 unspecified atom stereocenters. The van der Waals surface area contributed by atoms with Gasteiger partial charge in [-0.1, -0.05) is 36.4 Å². The fourth-order valence-electron chi connectivity index (χ4n) is 2.70. The van der Waals surface area contributed by atoms with Gasteiger partial charge in [-0.25, -0.2) is 4.98 Å². The van der Waals surface area contributed by atoms with E-state index in [-0.39, 0.29) is 12.6 Å². The van der Waals surface area contributed by atoms with Gasteiger partial charge in [0.2, 0.25) is 11.8 Å². The zero-order valence-electron chi connectivity index (χ0n) is 15.5. The van der Waals surface area contributed by atoms with Crippen molar-refractivity contribution in [2.24, 2.45) is 0 Å². The van der Waals surface area contributed by atoms with E-state index in [4.69, 9.17) is 10.00 Å². The molecule has 0 aliphatic heterocycles. The lowest BCUT2D eigenvalue weighted by molar-refractivity contribution is -0.139. The van der Waals surface area contributed by atoms with Crippen LogP contribution in [0.15, 0.2) is 60.8 Å². The van der Waals surface area contributed by atoms with Gasteiger partial charge in [0, 0.05) is 18.4 Å². The molecule has 8 heteroatoms. The predicted molar refractivity (Wildman–Crippen MR) is 102 cm³/mol. The average Bonchev–Trinajstić information content (AvgIpc) is 2.73. The molecule has 3 aromatic rings. The molecule has 0 fully saturated rings. The van der Waals surface area contributed by atoms with Gasteiger partial charge in [-0.2, -0.15) is 23.4 Å². The fourth-order valence-corrected chi connectivity index (χ4v) is 2.70. The Bertz CT molecular complexity index is 1020. The molecule has 0 saturated carbocycles. The number of benzene rings is 2. The van der Waals surface area contributed by atoms with E-state index in [0.29, 0.717) is 17.8 Å². The van der Waals surface area contributed by atoms with Crippen LogP contribution in [0.4, 0.5) is 24.8 Å². The molecule has 0 atom stereocenters. The highest BCUT2D eigenvalue weighted by Gasteiger charge is 2.36. The second-order valence-corrected chi connectivity index (χ2v) is 6.07. The van der Waals surface area contributed by atoms with E-state index < -0.39 is 17.6 Å². The number of hydrogen-bond donors (Lipinski definition) is 0. The maximum Gasteiger partial charge on any atom is 0.423 e. The third-order valence-corrected chi connectivity index (χ3v) is 4.11. The van der Waals surface area contributed by atoms with Crippen molar-refractivity contribution in [2.45, 2.75) is 19.7 Å². The number of ether oxygens (including phenoxy) is 1. The highest BCUT2D eigenvalue weighted by molar-refractivity contribution is 5.60. The van der Waals surface area contributed by atoms with Crippen molar-refractivity contribution in [3.63, 3.8) is 0 Å². The topological polar surface area (TPSA) is 62.0 Å². The molecule has 0 radical (unpaired) electrons. The van der Waals surface area contributed by atoms with Gasteiger partial charge in [0.05, 0.1) is 11.6 Å². The first-order valence-corrected chi connectivity index (χ1v) is 8.81. The number of hydrogen-bond acceptors (Lipinski definition) is 5. The second kappa shape index (κ2) is 8.61. The Labute approximate surface area is 166 Å². The molecule has 29 heavy (non-hydrogen) atoms. The molecule has 1 heterocycles. The Hall–Kier alpha value is -3.60. The van der Waals surface area contributed by atoms with Gasteiger partial charge >= 0.3 is 6.18 Å². The molecule has 0 aliphatic carbocycles. The van der Waals surface area contributed by atoms with Crippen LogP contribution in [-0.2, 0) is 12.8 Å². The highest BCUT2D eigenvalue weighted by Crippen LogP contribution is 2.36. The molecule has 0 aliphatic rings. The molecule has 0 saturated heterocycles. The average molecular weight is 398 g/mol. The third kappa shape index (κ3) is 4.82. The highest BCUT2D eigenvalue weighted by atomic mass is 19.4. The maximum absolute atomic E-state index is 13.4. The van der Waals surface area contributed by atoms with E-state index in [1.165, 1.54) is 0 Å². The largest absolute Gasteiger partial charge is 0.472 e. The molecular formula is C21H17F3N4O. The minimum atomic E-state index is -4.65. The number of rotatable bonds is 6. The van der Waals surface area contributed by atoms with E-state index in [1.807, 2.05) is 19.1 Å². The van der Waals surface area contributed by atoms with E-state index >= 15 is 0 Å². The number of halogens is 3. The minimum absolute atomic E-state index is 0.0543. The molecular weight excluding hydrogens is 381 g/mol. The van der Waals surface area contributed by atoms with Gasteiger partial charge in [-0.05, 0) is 30.7 Å². The molecule has 1 aromatic heterocycles. The summed E-state index contributed by atoms with van der Waals surface area (Å²) in [5.41, 5.74) is 0.697. The molecule has 0 bridgehead atoms. The minimum Gasteiger partial charge on any atom is -0.472 e. The van der Waals surface area contributed by atoms with Gasteiger partial charge in [-0.15, -0.1) is 0 Å². The van der Waals surface area contributed by atoms with Crippen LogP contribution in [0.1, 0.15) is 23.6 Å². The van der Waals surface area contributed by atoms with E-state index in [1.54, 1.807) is 53.4 Å². The van der Waals surface area contributed by atoms with Crippen LogP contribution in [0.2, 0.25) is 0 Å². The van der Waals surface area contributed by atoms with Crippen LogP contribution in [-0.4, -0.2) is 16.5 Å². The molecule has 0 spiro atoms. The predicted octanol–water partition coefficient (Wildman–Crippen LogP) is 5.10. The fraction of sp³-hybridized carbons (Fsp3) is 0.190. The molecule has 0 amide bonds. The summed E-state index contributed by atoms with van der Waals surface area (Å²) >= 11 is 0. The lowest BCUT2D eigenvalue weighted by Crippen LogP contribution is -2.21. The van der Waals surface area contributed by atoms with Crippen molar-refractivity contribution in [3.8, 4) is 11.9 Å². The van der Waals surface area contributed by atoms with Crippen molar-refractivity contribution in [3.05, 3.63) is 77.5 Å². The SMILES string of the molecule is CCN(c1cccc(C#N)c1)c1ncc(C(F)(F)F)c(OCc2ccccc2)n1. The van der Waals surface area contributed by atoms with E-state index in [2.05, 4.69) is 9.97 Å². The van der Waals surface area contributed by atoms with Gasteiger partial charge in [0.25, 0.3) is 0 Å². The van der Waals surface area contributed by atoms with Gasteiger partial charge in [-0.3, -0.25) is 0 Å². The lowest BCUT2D eigenvalue weighted by Gasteiger charge is -2.22. The van der Waals surface area contributed by atoms with E-state index in [0.717, 1.165) is 11.8 Å². The summed E-state index contributed by atoms with van der Waals surface area (Å²) in [5, 5.41) is 9.09. The van der Waals surface area contributed by atoms with Crippen LogP contribution < -0.4 is 9.64 Å². The quantitative estimate of drug-likeness (QED) is 0.578. The summed E-state index contributed by atoms with van der Waals surface area (Å²) in [6, 6.07) is 17.6. The number of anilines is 2. The van der Waals surface area contributed by atoms with Crippen molar-refractivity contribution in [2.75, 3.05) is 11.4 Å². The summed E-state index contributed by atoms with van der Waals surface area (Å²) < 4.78 is 45.6. The van der Waals surface area contributed by atoms with Crippen molar-refractivity contribution in [1.82, 2.24) is 9.97 Å². The first-order chi connectivity index (χ1) is 13.9. The normalized spacial score (nSPS) is 11.0. The number of aromatic nitrogens is 2. The lowest BCUT2D eigenvalue weighted by atomic mass is 10.2. The van der Waals surface area contributed by atoms with Crippen LogP contribution in [0.3, 0.4) is 0 Å². The van der Waals surface area contributed by atoms with Crippen molar-refractivity contribution < 1.29 is 17.9 Å². The van der Waals surface area contributed by atoms with Gasteiger partial charge in [0.1, 0.15) is 12.2 Å². The molecule has 5 nitrogen and oxygen atoms in total. The van der Waals surface area contributed by atoms with Gasteiger partial charge < -0.3 is 9.64 Å². The maximum atomic E-state index is 13.4. The zero-order valence-corrected chi connectivity index (χ0v) is 15.5. The summed E-state index contributed by atoms with van der Waals surface area (Å²) in [6.45, 7) is 2.14. The standard InChI is InChI=1S/C21H17F3N4O/c1-2-28(17-10-6-9-16(11-17)12-25)20-26-13-18(21(22,23)24)19(27-20)29-14-15-7-4-3-5-8-15/h3-11,13H,2,14H2,1H3. The summed E-state index contributed by atoms with van der Waals surface area (Å²) in [4.78, 5) is 9.55. The number of nitrogens with zero attached hydrogens (tertiary/aromatic N) is 4. The Morgan fingerprint density at radius 2 is 1.86 bits per heavy atom. The number of alkyl halides is 3. The smallest absolute Gasteiger partial charge is 0.423 e. The first kappa shape index (κ1) is 20.1. The molecule has 2 aromatic carbocycles. The first-order valence-electron chi connectivity index (χ1n) is 8.81. The summed E-state index contributed by atoms with van der Waals surface area (Å²) in [7, 11) is 0. The van der Waals surface area contributed by atoms with Gasteiger partial charge in [0.15, 0.2) is 0 Å². The van der Waals surface area contributed by atoms with Crippen molar-refractivity contribution in [1.29, 1.82) is 5.26 Å². The van der Waals surface area contributed by atoms with Crippen LogP contribution in [0.5, 0.6) is 5.88 Å². The number of nitriles is 1. The summed E-state index contributed by atoms with van der Waals surface area (Å²) in [5.74, 6) is -0.486. The Morgan fingerprint density at radius 3 is 2.52 bits per heavy atom. The van der Waals surface area contributed by atoms with Crippen LogP contribution in [0.25, 0.3) is 0 Å². The molecule has 0 N–H and O–H groups in total. The van der Waals surface area contributed by atoms with E-state index in [9.17, 15) is 13.2 Å². The Balaban J connectivity index is 1.97. The van der Waals surface area contributed by atoms with Crippen molar-refractivity contribution >= 4 is 11.6 Å². The second-order valence-electron chi connectivity index (χ2n) is 6.07. The molecule has 3 rings (SSSR count). The Morgan fingerprint density at radius 1 is 1.10 bits per heavy atom. The summed E-state index contributed by atoms with van der Waals surface area (Å²) in [6.07, 6.45) is -3.93. The Kier molecular flexibility index (Phi) is 5.98. The van der Waals surface area contributed by atoms with Crippen LogP contribution in [0, 0.1) is 11.3 Å². The molecule has 148 valence electrons. The monoisotopic (exact) mass is 398 g/mol. The zero-order chi connectivity index (χ0) is 20.9.